The van der Waals surface area contributed by atoms with Gasteiger partial charge in [0.25, 0.3) is 0 Å². The summed E-state index contributed by atoms with van der Waals surface area (Å²) in [6.07, 6.45) is 0. The smallest absolute Gasteiger partial charge is 0.166 e. The van der Waals surface area contributed by atoms with E-state index in [0.29, 0.717) is 52.4 Å². The van der Waals surface area contributed by atoms with Gasteiger partial charge in [0.1, 0.15) is 0 Å². The number of aromatic nitrogens is 12. The SMILES string of the molecule is CC1(C)c2ccccc2-c2cc3c(cc2C1(C)C)c1ccccc1n3-c1ccccc1-c1nc(-c2ccccc2)nc(-c2ccccc2)n1.CC1(C)c2ccccc2-c2cc3c4ccccc4n(-c4ccc(-c5nc(-c6ccccc6)nc(-c6ccccc6)n5)cc4)c3cc2C1(C)C.CC1(C)c2ccccc2-c2cc3c4ccccc4n(-c4ccccc4-c4nc(-c5ccccc5)nc(-c5ccccc5)n4)c3cc2C1(C)C. The number of rotatable bonds is 12. The molecule has 6 aromatic heterocycles. The van der Waals surface area contributed by atoms with Crippen LogP contribution in [0.25, 0.3) is 218 Å². The summed E-state index contributed by atoms with van der Waals surface area (Å²) in [6, 6.07) is 154. The molecule has 24 aromatic rings. The van der Waals surface area contributed by atoms with Gasteiger partial charge in [0.05, 0.1) is 44.5 Å². The maximum absolute atomic E-state index is 5.13. The predicted octanol–water partition coefficient (Wildman–Crippen LogP) is 33.6. The zero-order chi connectivity index (χ0) is 100.0. The van der Waals surface area contributed by atoms with Gasteiger partial charge in [-0.2, -0.15) is 0 Å². The summed E-state index contributed by atoms with van der Waals surface area (Å²) in [4.78, 5) is 45.2. The minimum absolute atomic E-state index is 0.0372. The van der Waals surface area contributed by atoms with E-state index in [1.807, 2.05) is 133 Å². The van der Waals surface area contributed by atoms with Gasteiger partial charge in [-0.05, 0) is 202 Å². The van der Waals surface area contributed by atoms with Crippen molar-refractivity contribution in [1.29, 1.82) is 0 Å². The number of nitrogens with zero attached hydrogens (tertiary/aromatic N) is 12. The van der Waals surface area contributed by atoms with E-state index in [1.165, 1.54) is 121 Å². The lowest BCUT2D eigenvalue weighted by molar-refractivity contribution is 0.299. The number of benzene rings is 18. The molecule has 0 atom stereocenters. The lowest BCUT2D eigenvalue weighted by Gasteiger charge is -2.48. The molecular formula is C135H108N12. The molecule has 0 saturated carbocycles. The van der Waals surface area contributed by atoms with Gasteiger partial charge < -0.3 is 13.7 Å². The first-order valence-corrected chi connectivity index (χ1v) is 50.9. The van der Waals surface area contributed by atoms with E-state index in [0.717, 1.165) is 78.2 Å². The van der Waals surface area contributed by atoms with Gasteiger partial charge in [-0.3, -0.25) is 0 Å². The van der Waals surface area contributed by atoms with Crippen LogP contribution in [0.4, 0.5) is 0 Å². The first kappa shape index (κ1) is 90.7. The molecule has 18 aromatic carbocycles. The molecule has 3 aliphatic rings. The number of para-hydroxylation sites is 5. The van der Waals surface area contributed by atoms with Crippen molar-refractivity contribution in [3.63, 3.8) is 0 Å². The molecule has 0 fully saturated rings. The Morgan fingerprint density at radius 3 is 0.680 bits per heavy atom. The van der Waals surface area contributed by atoms with Crippen molar-refractivity contribution in [3.05, 3.63) is 470 Å². The van der Waals surface area contributed by atoms with Crippen molar-refractivity contribution in [2.75, 3.05) is 0 Å². The Balaban J connectivity index is 0.000000115. The van der Waals surface area contributed by atoms with Gasteiger partial charge in [-0.25, -0.2) is 44.9 Å². The summed E-state index contributed by atoms with van der Waals surface area (Å²) in [5.41, 5.74) is 34.6. The summed E-state index contributed by atoms with van der Waals surface area (Å²) in [5.74, 6) is 5.85. The van der Waals surface area contributed by atoms with Crippen LogP contribution in [0.3, 0.4) is 0 Å². The summed E-state index contributed by atoms with van der Waals surface area (Å²) >= 11 is 0. The average molecular weight is 1900 g/mol. The lowest BCUT2D eigenvalue weighted by atomic mass is 9.55. The van der Waals surface area contributed by atoms with Crippen molar-refractivity contribution in [3.8, 4) is 153 Å². The van der Waals surface area contributed by atoms with Gasteiger partial charge >= 0.3 is 0 Å². The van der Waals surface area contributed by atoms with E-state index in [1.54, 1.807) is 0 Å². The molecule has 0 spiro atoms. The van der Waals surface area contributed by atoms with E-state index in [-0.39, 0.29) is 32.5 Å². The molecule has 6 heterocycles. The first-order chi connectivity index (χ1) is 71.5. The highest BCUT2D eigenvalue weighted by molar-refractivity contribution is 6.15. The molecule has 0 aliphatic heterocycles. The molecule has 27 rings (SSSR count). The summed E-state index contributed by atoms with van der Waals surface area (Å²) < 4.78 is 7.23. The molecule has 0 bridgehead atoms. The monoisotopic (exact) mass is 1900 g/mol. The lowest BCUT2D eigenvalue weighted by Crippen LogP contribution is -2.43. The molecule has 0 amide bonds. The molecule has 0 radical (unpaired) electrons. The quantitative estimate of drug-likeness (QED) is 0.117. The zero-order valence-electron chi connectivity index (χ0n) is 84.4. The van der Waals surface area contributed by atoms with Crippen LogP contribution < -0.4 is 0 Å². The molecule has 0 saturated heterocycles. The van der Waals surface area contributed by atoms with Crippen molar-refractivity contribution < 1.29 is 0 Å². The van der Waals surface area contributed by atoms with Gasteiger partial charge in [-0.1, -0.05) is 417 Å². The van der Waals surface area contributed by atoms with Crippen LogP contribution in [-0.4, -0.2) is 58.6 Å². The Hall–Kier alpha value is -17.6. The predicted molar refractivity (Wildman–Crippen MR) is 606 cm³/mol. The molecule has 3 aliphatic carbocycles. The third-order valence-electron chi connectivity index (χ3n) is 33.1. The number of hydrogen-bond donors (Lipinski definition) is 0. The Morgan fingerprint density at radius 1 is 0.143 bits per heavy atom. The molecular weight excluding hydrogens is 1790 g/mol. The fourth-order valence-corrected chi connectivity index (χ4v) is 23.1. The number of fused-ring (bicyclic) bond motifs is 18. The zero-order valence-corrected chi connectivity index (χ0v) is 84.4. The van der Waals surface area contributed by atoms with Gasteiger partial charge in [-0.15, -0.1) is 0 Å². The number of hydrogen-bond acceptors (Lipinski definition) is 9. The maximum Gasteiger partial charge on any atom is 0.166 e. The van der Waals surface area contributed by atoms with Crippen molar-refractivity contribution in [1.82, 2.24) is 58.6 Å². The minimum atomic E-state index is -0.116. The second-order valence-corrected chi connectivity index (χ2v) is 42.4. The molecule has 12 heteroatoms. The summed E-state index contributed by atoms with van der Waals surface area (Å²) in [6.45, 7) is 28.7. The molecule has 0 N–H and O–H groups in total. The van der Waals surface area contributed by atoms with Crippen molar-refractivity contribution >= 4 is 65.4 Å². The third-order valence-corrected chi connectivity index (χ3v) is 33.1. The highest BCUT2D eigenvalue weighted by Crippen LogP contribution is 2.60. The summed E-state index contributed by atoms with van der Waals surface area (Å²) in [7, 11) is 0. The standard InChI is InChI=1S/3C45H36N4/c1-44(2)36-24-14-11-21-31(36)34-28-40-35(27-37(34)45(44,3)4)32-22-12-15-25-38(32)49(40)39-26-16-13-23-33(39)43-47-41(29-17-7-5-8-18-29)46-42(48-43)30-19-9-6-10-20-30;1-44(2)36-24-14-11-21-31(36)34-27-35-32-22-12-15-25-38(32)49(40(35)28-37(34)45(44,3)4)39-26-16-13-23-33(39)43-47-41(29-17-7-5-8-18-29)46-42(48-43)30-19-9-6-10-20-30;1-44(2)37-21-13-11-19-33(37)35-27-36-34-20-12-14-22-39(34)49(40(36)28-38(35)45(44,3)4)32-25-23-31(24-26-32)43-47-41(29-15-7-5-8-16-29)46-42(48-43)30-17-9-6-10-18-30/h3*5-28H,1-4H3. The highest BCUT2D eigenvalue weighted by atomic mass is 15.1. The van der Waals surface area contributed by atoms with Crippen LogP contribution in [0.1, 0.15) is 116 Å². The minimum Gasteiger partial charge on any atom is -0.309 e. The second kappa shape index (κ2) is 35.2. The average Bonchev–Trinajstić information content (AvgIpc) is 1.65. The van der Waals surface area contributed by atoms with Crippen LogP contribution in [0.2, 0.25) is 0 Å². The Bertz CT molecular complexity index is 9140. The third kappa shape index (κ3) is 14.9. The largest absolute Gasteiger partial charge is 0.309 e. The van der Waals surface area contributed by atoms with Gasteiger partial charge in [0, 0.05) is 88.1 Å². The second-order valence-electron chi connectivity index (χ2n) is 42.4. The van der Waals surface area contributed by atoms with E-state index in [9.17, 15) is 0 Å². The topological polar surface area (TPSA) is 131 Å². The normalized spacial score (nSPS) is 14.4. The maximum atomic E-state index is 5.13. The fourth-order valence-electron chi connectivity index (χ4n) is 23.1. The van der Waals surface area contributed by atoms with Crippen LogP contribution in [0, 0.1) is 0 Å². The fraction of sp³-hybridized carbons (Fsp3) is 0.133. The van der Waals surface area contributed by atoms with E-state index >= 15 is 0 Å². The van der Waals surface area contributed by atoms with Crippen LogP contribution >= 0.6 is 0 Å². The summed E-state index contributed by atoms with van der Waals surface area (Å²) in [5, 5.41) is 7.45. The Kier molecular flexibility index (Phi) is 21.7. The van der Waals surface area contributed by atoms with Gasteiger partial charge in [0.2, 0.25) is 0 Å². The van der Waals surface area contributed by atoms with Crippen LogP contribution in [-0.2, 0) is 32.5 Å². The van der Waals surface area contributed by atoms with E-state index in [4.69, 9.17) is 44.9 Å². The molecule has 147 heavy (non-hydrogen) atoms. The van der Waals surface area contributed by atoms with E-state index in [2.05, 4.69) is 400 Å². The Labute approximate surface area is 856 Å². The van der Waals surface area contributed by atoms with Gasteiger partial charge in [0.15, 0.2) is 52.4 Å². The van der Waals surface area contributed by atoms with Crippen LogP contribution in [0.15, 0.2) is 437 Å². The highest BCUT2D eigenvalue weighted by Gasteiger charge is 2.50. The molecule has 12 nitrogen and oxygen atoms in total. The first-order valence-electron chi connectivity index (χ1n) is 50.9. The van der Waals surface area contributed by atoms with Crippen LogP contribution in [0.5, 0.6) is 0 Å². The van der Waals surface area contributed by atoms with Crippen molar-refractivity contribution in [2.45, 2.75) is 116 Å². The molecule has 708 valence electrons. The van der Waals surface area contributed by atoms with E-state index < -0.39 is 0 Å². The Morgan fingerprint density at radius 2 is 0.361 bits per heavy atom. The van der Waals surface area contributed by atoms with Crippen molar-refractivity contribution in [2.24, 2.45) is 0 Å². The molecule has 0 unspecified atom stereocenters.